The number of unbranched alkanes of at least 4 members (excludes halogenated alkanes) is 6. The van der Waals surface area contributed by atoms with Gasteiger partial charge in [0.2, 0.25) is 5.89 Å². The smallest absolute Gasteiger partial charge is 0.240 e. The first-order chi connectivity index (χ1) is 8.72. The molecule has 0 unspecified atom stereocenters. The number of hydrogen-bond donors (Lipinski definition) is 0. The van der Waals surface area contributed by atoms with Crippen LogP contribution >= 0.6 is 0 Å². The predicted molar refractivity (Wildman–Crippen MR) is 73.4 cm³/mol. The Labute approximate surface area is 111 Å². The summed E-state index contributed by atoms with van der Waals surface area (Å²) >= 11 is 0. The van der Waals surface area contributed by atoms with E-state index in [1.807, 2.05) is 6.92 Å². The molecule has 1 heterocycles. The minimum Gasteiger partial charge on any atom is -0.338 e. The van der Waals surface area contributed by atoms with Crippen LogP contribution in [0.4, 0.5) is 0 Å². The van der Waals surface area contributed by atoms with Crippen LogP contribution in [0.3, 0.4) is 0 Å². The van der Waals surface area contributed by atoms with Crippen LogP contribution in [0.25, 0.3) is 0 Å². The van der Waals surface area contributed by atoms with Crippen LogP contribution in [0, 0.1) is 6.92 Å². The van der Waals surface area contributed by atoms with E-state index in [1.165, 1.54) is 44.9 Å². The number of aromatic nitrogens is 2. The molecule has 1 aromatic rings. The van der Waals surface area contributed by atoms with Crippen LogP contribution in [0.2, 0.25) is 0 Å². The molecule has 4 heteroatoms. The number of nitrogens with zero attached hydrogens (tertiary/aromatic N) is 3. The Bertz CT molecular complexity index is 312. The Balaban J connectivity index is 1.98. The van der Waals surface area contributed by atoms with Crippen LogP contribution in [-0.4, -0.2) is 28.6 Å². The summed E-state index contributed by atoms with van der Waals surface area (Å²) in [4.78, 5) is 6.46. The highest BCUT2D eigenvalue weighted by atomic mass is 16.5. The molecular formula is C14H27N3O. The van der Waals surface area contributed by atoms with Gasteiger partial charge in [-0.25, -0.2) is 0 Å². The predicted octanol–water partition coefficient (Wildman–Crippen LogP) is 3.56. The molecule has 0 atom stereocenters. The zero-order valence-corrected chi connectivity index (χ0v) is 12.1. The van der Waals surface area contributed by atoms with Gasteiger partial charge in [-0.3, -0.25) is 4.90 Å². The quantitative estimate of drug-likeness (QED) is 0.598. The summed E-state index contributed by atoms with van der Waals surface area (Å²) in [5, 5.41) is 3.80. The van der Waals surface area contributed by atoms with Crippen molar-refractivity contribution in [2.24, 2.45) is 0 Å². The summed E-state index contributed by atoms with van der Waals surface area (Å²) < 4.78 is 5.10. The van der Waals surface area contributed by atoms with E-state index >= 15 is 0 Å². The van der Waals surface area contributed by atoms with E-state index < -0.39 is 0 Å². The second-order valence-corrected chi connectivity index (χ2v) is 5.09. The van der Waals surface area contributed by atoms with Crippen molar-refractivity contribution in [1.29, 1.82) is 0 Å². The zero-order chi connectivity index (χ0) is 13.2. The molecule has 0 amide bonds. The number of aryl methyl sites for hydroxylation is 1. The molecule has 104 valence electrons. The second-order valence-electron chi connectivity index (χ2n) is 5.09. The monoisotopic (exact) mass is 253 g/mol. The van der Waals surface area contributed by atoms with Gasteiger partial charge in [-0.1, -0.05) is 50.6 Å². The van der Waals surface area contributed by atoms with Crippen LogP contribution in [0.5, 0.6) is 0 Å². The van der Waals surface area contributed by atoms with Gasteiger partial charge in [0.05, 0.1) is 6.54 Å². The molecule has 0 aliphatic rings. The van der Waals surface area contributed by atoms with E-state index in [1.54, 1.807) is 0 Å². The average Bonchev–Trinajstić information content (AvgIpc) is 2.73. The fourth-order valence-corrected chi connectivity index (χ4v) is 2.05. The summed E-state index contributed by atoms with van der Waals surface area (Å²) in [5.41, 5.74) is 0. The molecular weight excluding hydrogens is 226 g/mol. The van der Waals surface area contributed by atoms with Gasteiger partial charge < -0.3 is 4.52 Å². The zero-order valence-electron chi connectivity index (χ0n) is 12.1. The van der Waals surface area contributed by atoms with E-state index in [0.29, 0.717) is 5.82 Å². The van der Waals surface area contributed by atoms with Gasteiger partial charge >= 0.3 is 0 Å². The van der Waals surface area contributed by atoms with Crippen molar-refractivity contribution in [2.45, 2.75) is 65.3 Å². The molecule has 18 heavy (non-hydrogen) atoms. The van der Waals surface area contributed by atoms with Crippen molar-refractivity contribution < 1.29 is 4.52 Å². The molecule has 0 fully saturated rings. The van der Waals surface area contributed by atoms with Gasteiger partial charge in [0.25, 0.3) is 0 Å². The molecule has 4 nitrogen and oxygen atoms in total. The van der Waals surface area contributed by atoms with Crippen molar-refractivity contribution in [3.05, 3.63) is 11.7 Å². The van der Waals surface area contributed by atoms with Crippen molar-refractivity contribution in [2.75, 3.05) is 13.6 Å². The second kappa shape index (κ2) is 9.09. The third-order valence-electron chi connectivity index (χ3n) is 3.12. The van der Waals surface area contributed by atoms with Crippen LogP contribution < -0.4 is 0 Å². The first kappa shape index (κ1) is 15.2. The highest BCUT2D eigenvalue weighted by Gasteiger charge is 2.06. The average molecular weight is 253 g/mol. The molecule has 0 aromatic carbocycles. The Morgan fingerprint density at radius 3 is 2.33 bits per heavy atom. The molecule has 0 aliphatic carbocycles. The van der Waals surface area contributed by atoms with E-state index in [-0.39, 0.29) is 0 Å². The largest absolute Gasteiger partial charge is 0.338 e. The molecule has 0 spiro atoms. The molecule has 0 N–H and O–H groups in total. The highest BCUT2D eigenvalue weighted by Crippen LogP contribution is 2.08. The minimum absolute atomic E-state index is 0.717. The van der Waals surface area contributed by atoms with Gasteiger partial charge in [-0.2, -0.15) is 4.98 Å². The molecule has 1 aromatic heterocycles. The number of rotatable bonds is 10. The van der Waals surface area contributed by atoms with Gasteiger partial charge in [0.15, 0.2) is 5.82 Å². The molecule has 0 saturated heterocycles. The lowest BCUT2D eigenvalue weighted by Crippen LogP contribution is -2.19. The van der Waals surface area contributed by atoms with Crippen LogP contribution in [0.1, 0.15) is 63.6 Å². The summed E-state index contributed by atoms with van der Waals surface area (Å²) in [7, 11) is 2.11. The molecule has 0 radical (unpaired) electrons. The summed E-state index contributed by atoms with van der Waals surface area (Å²) in [5.74, 6) is 1.44. The van der Waals surface area contributed by atoms with Gasteiger partial charge in [0.1, 0.15) is 0 Å². The normalized spacial score (nSPS) is 11.3. The summed E-state index contributed by atoms with van der Waals surface area (Å²) in [6, 6.07) is 0. The molecule has 0 aliphatic heterocycles. The fraction of sp³-hybridized carbons (Fsp3) is 0.857. The minimum atomic E-state index is 0.717. The Morgan fingerprint density at radius 2 is 1.72 bits per heavy atom. The Kier molecular flexibility index (Phi) is 7.65. The third kappa shape index (κ3) is 6.74. The fourth-order valence-electron chi connectivity index (χ4n) is 2.05. The SMILES string of the molecule is CCCCCCCCCN(C)Cc1nc(C)no1. The standard InChI is InChI=1S/C14H27N3O/c1-4-5-6-7-8-9-10-11-17(3)12-14-15-13(2)16-18-14/h4-12H2,1-3H3. The summed E-state index contributed by atoms with van der Waals surface area (Å²) in [6.45, 7) is 5.98. The molecule has 0 bridgehead atoms. The Morgan fingerprint density at radius 1 is 1.06 bits per heavy atom. The molecule has 1 rings (SSSR count). The maximum Gasteiger partial charge on any atom is 0.240 e. The third-order valence-corrected chi connectivity index (χ3v) is 3.12. The van der Waals surface area contributed by atoms with Gasteiger partial charge in [-0.05, 0) is 26.9 Å². The lowest BCUT2D eigenvalue weighted by Gasteiger charge is -2.13. The number of hydrogen-bond acceptors (Lipinski definition) is 4. The van der Waals surface area contributed by atoms with E-state index in [9.17, 15) is 0 Å². The topological polar surface area (TPSA) is 42.2 Å². The maximum atomic E-state index is 5.10. The lowest BCUT2D eigenvalue weighted by molar-refractivity contribution is 0.261. The van der Waals surface area contributed by atoms with Crippen LogP contribution in [-0.2, 0) is 6.54 Å². The first-order valence-corrected chi connectivity index (χ1v) is 7.20. The maximum absolute atomic E-state index is 5.10. The van der Waals surface area contributed by atoms with Gasteiger partial charge in [-0.15, -0.1) is 0 Å². The van der Waals surface area contributed by atoms with E-state index in [0.717, 1.165) is 19.0 Å². The van der Waals surface area contributed by atoms with E-state index in [2.05, 4.69) is 29.0 Å². The van der Waals surface area contributed by atoms with Crippen LogP contribution in [0.15, 0.2) is 4.52 Å². The van der Waals surface area contributed by atoms with Gasteiger partial charge in [0, 0.05) is 0 Å². The highest BCUT2D eigenvalue weighted by molar-refractivity contribution is 4.82. The molecule has 0 saturated carbocycles. The lowest BCUT2D eigenvalue weighted by atomic mass is 10.1. The summed E-state index contributed by atoms with van der Waals surface area (Å²) in [6.07, 6.45) is 9.46. The first-order valence-electron chi connectivity index (χ1n) is 7.20. The van der Waals surface area contributed by atoms with Crippen molar-refractivity contribution in [1.82, 2.24) is 15.0 Å². The van der Waals surface area contributed by atoms with Crippen molar-refractivity contribution in [3.63, 3.8) is 0 Å². The van der Waals surface area contributed by atoms with Crippen molar-refractivity contribution >= 4 is 0 Å². The Hall–Kier alpha value is -0.900. The van der Waals surface area contributed by atoms with E-state index in [4.69, 9.17) is 4.52 Å². The van der Waals surface area contributed by atoms with Crippen molar-refractivity contribution in [3.8, 4) is 0 Å².